The fourth-order valence-corrected chi connectivity index (χ4v) is 4.08. The molecule has 188 valence electrons. The van der Waals surface area contributed by atoms with Crippen LogP contribution in [0.2, 0.25) is 0 Å². The zero-order valence-electron chi connectivity index (χ0n) is 21.6. The van der Waals surface area contributed by atoms with Crippen molar-refractivity contribution in [3.63, 3.8) is 0 Å². The molecule has 0 saturated heterocycles. The van der Waals surface area contributed by atoms with Gasteiger partial charge in [-0.15, -0.1) is 13.2 Å². The summed E-state index contributed by atoms with van der Waals surface area (Å²) in [5, 5.41) is 0. The predicted molar refractivity (Wildman–Crippen MR) is 137 cm³/mol. The average molecular weight is 481 g/mol. The summed E-state index contributed by atoms with van der Waals surface area (Å²) in [7, 11) is 0. The standard InChI is InChI=1S/C28H36N2O5/c1-9-28(10-2)17-21(28)23(31)30(25(33)35-27(6,7)8)22-14-12-11-13-20(22)19-15-16-29(18-19)24(32)34-26(3,4)5/h9-14,18,21H,1-2,15-17H2,3-8H3. The summed E-state index contributed by atoms with van der Waals surface area (Å²) in [6.07, 6.45) is 5.05. The molecule has 1 saturated carbocycles. The van der Waals surface area contributed by atoms with Crippen molar-refractivity contribution in [2.24, 2.45) is 11.3 Å². The Hall–Kier alpha value is -3.35. The van der Waals surface area contributed by atoms with E-state index in [1.807, 2.05) is 32.9 Å². The number of ether oxygens (including phenoxy) is 2. The lowest BCUT2D eigenvalue weighted by Crippen LogP contribution is -2.43. The van der Waals surface area contributed by atoms with Crippen LogP contribution < -0.4 is 4.90 Å². The highest BCUT2D eigenvalue weighted by atomic mass is 16.6. The first-order valence-electron chi connectivity index (χ1n) is 11.9. The first-order chi connectivity index (χ1) is 16.2. The van der Waals surface area contributed by atoms with E-state index in [0.29, 0.717) is 30.6 Å². The number of anilines is 1. The Kier molecular flexibility index (Phi) is 7.02. The van der Waals surface area contributed by atoms with Crippen molar-refractivity contribution < 1.29 is 23.9 Å². The molecule has 3 rings (SSSR count). The minimum Gasteiger partial charge on any atom is -0.443 e. The second-order valence-corrected chi connectivity index (χ2v) is 11.0. The highest BCUT2D eigenvalue weighted by molar-refractivity contribution is 6.15. The van der Waals surface area contributed by atoms with E-state index in [2.05, 4.69) is 13.2 Å². The smallest absolute Gasteiger partial charge is 0.421 e. The van der Waals surface area contributed by atoms with E-state index < -0.39 is 34.7 Å². The number of carbonyl (C=O) groups excluding carboxylic acids is 3. The summed E-state index contributed by atoms with van der Waals surface area (Å²) in [6, 6.07) is 7.17. The van der Waals surface area contributed by atoms with Gasteiger partial charge in [-0.3, -0.25) is 9.69 Å². The zero-order chi connectivity index (χ0) is 26.2. The molecule has 0 radical (unpaired) electrons. The van der Waals surface area contributed by atoms with Crippen LogP contribution in [-0.2, 0) is 14.3 Å². The van der Waals surface area contributed by atoms with E-state index in [4.69, 9.17) is 9.47 Å². The third kappa shape index (κ3) is 5.84. The van der Waals surface area contributed by atoms with E-state index >= 15 is 0 Å². The summed E-state index contributed by atoms with van der Waals surface area (Å²) in [5.74, 6) is -0.817. The summed E-state index contributed by atoms with van der Waals surface area (Å²) >= 11 is 0. The van der Waals surface area contributed by atoms with Gasteiger partial charge in [0.15, 0.2) is 0 Å². The largest absolute Gasteiger partial charge is 0.443 e. The van der Waals surface area contributed by atoms with Gasteiger partial charge >= 0.3 is 12.2 Å². The number of benzene rings is 1. The number of hydrogen-bond donors (Lipinski definition) is 0. The van der Waals surface area contributed by atoms with E-state index in [0.717, 1.165) is 10.5 Å². The maximum absolute atomic E-state index is 13.7. The molecule has 0 N–H and O–H groups in total. The molecule has 0 aromatic heterocycles. The van der Waals surface area contributed by atoms with Crippen molar-refractivity contribution in [2.45, 2.75) is 65.6 Å². The molecular weight excluding hydrogens is 444 g/mol. The van der Waals surface area contributed by atoms with Gasteiger partial charge in [0.1, 0.15) is 11.2 Å². The second-order valence-electron chi connectivity index (χ2n) is 11.0. The van der Waals surface area contributed by atoms with Gasteiger partial charge in [-0.05, 0) is 66.0 Å². The SMILES string of the molecule is C=CC1(C=C)CC1C(=O)N(C(=O)OC(C)(C)C)c1ccccc1C1=CN(C(=O)OC(C)(C)C)CC1. The Morgan fingerprint density at radius 2 is 1.63 bits per heavy atom. The van der Waals surface area contributed by atoms with Crippen LogP contribution in [-0.4, -0.2) is 40.7 Å². The van der Waals surface area contributed by atoms with Crippen LogP contribution in [0.5, 0.6) is 0 Å². The lowest BCUT2D eigenvalue weighted by Gasteiger charge is -2.28. The highest BCUT2D eigenvalue weighted by Crippen LogP contribution is 2.56. The van der Waals surface area contributed by atoms with Gasteiger partial charge < -0.3 is 9.47 Å². The van der Waals surface area contributed by atoms with E-state index in [1.165, 1.54) is 4.90 Å². The van der Waals surface area contributed by atoms with Crippen molar-refractivity contribution >= 4 is 29.4 Å². The molecule has 1 aliphatic carbocycles. The fourth-order valence-electron chi connectivity index (χ4n) is 4.08. The Morgan fingerprint density at radius 3 is 2.17 bits per heavy atom. The third-order valence-corrected chi connectivity index (χ3v) is 5.95. The van der Waals surface area contributed by atoms with Gasteiger partial charge in [0.05, 0.1) is 11.6 Å². The van der Waals surface area contributed by atoms with Crippen LogP contribution in [0.3, 0.4) is 0 Å². The first kappa shape index (κ1) is 26.3. The van der Waals surface area contributed by atoms with Crippen LogP contribution in [0.25, 0.3) is 5.57 Å². The highest BCUT2D eigenvalue weighted by Gasteiger charge is 2.56. The second kappa shape index (κ2) is 9.36. The van der Waals surface area contributed by atoms with E-state index in [9.17, 15) is 14.4 Å². The lowest BCUT2D eigenvalue weighted by molar-refractivity contribution is -0.120. The van der Waals surface area contributed by atoms with Crippen LogP contribution in [0.1, 0.15) is 59.9 Å². The maximum Gasteiger partial charge on any atom is 0.421 e. The molecule has 1 aromatic carbocycles. The van der Waals surface area contributed by atoms with Gasteiger partial charge in [-0.1, -0.05) is 30.4 Å². The molecule has 1 fully saturated rings. The molecule has 7 nitrogen and oxygen atoms in total. The number of allylic oxidation sites excluding steroid dienone is 2. The monoisotopic (exact) mass is 480 g/mol. The van der Waals surface area contributed by atoms with Gasteiger partial charge in [0.2, 0.25) is 5.91 Å². The van der Waals surface area contributed by atoms with Gasteiger partial charge in [-0.25, -0.2) is 14.5 Å². The minimum atomic E-state index is -0.789. The molecule has 0 spiro atoms. The number of hydrogen-bond acceptors (Lipinski definition) is 5. The number of carbonyl (C=O) groups is 3. The van der Waals surface area contributed by atoms with Crippen molar-refractivity contribution in [1.29, 1.82) is 0 Å². The maximum atomic E-state index is 13.7. The molecule has 7 heteroatoms. The van der Waals surface area contributed by atoms with Crippen LogP contribution in [0.4, 0.5) is 15.3 Å². The van der Waals surface area contributed by atoms with Crippen molar-refractivity contribution in [3.8, 4) is 0 Å². The normalized spacial score (nSPS) is 18.9. The molecular formula is C28H36N2O5. The van der Waals surface area contributed by atoms with Crippen LogP contribution >= 0.6 is 0 Å². The van der Waals surface area contributed by atoms with Crippen LogP contribution in [0.15, 0.2) is 55.8 Å². The number of para-hydroxylation sites is 1. The number of imide groups is 1. The van der Waals surface area contributed by atoms with Gasteiger partial charge in [-0.2, -0.15) is 0 Å². The minimum absolute atomic E-state index is 0.367. The topological polar surface area (TPSA) is 76.2 Å². The Balaban J connectivity index is 2.00. The molecule has 1 atom stereocenters. The Morgan fingerprint density at radius 1 is 1.03 bits per heavy atom. The molecule has 3 amide bonds. The summed E-state index contributed by atoms with van der Waals surface area (Å²) < 4.78 is 11.1. The summed E-state index contributed by atoms with van der Waals surface area (Å²) in [6.45, 7) is 18.9. The molecule has 35 heavy (non-hydrogen) atoms. The third-order valence-electron chi connectivity index (χ3n) is 5.95. The van der Waals surface area contributed by atoms with Crippen molar-refractivity contribution in [1.82, 2.24) is 4.90 Å². The van der Waals surface area contributed by atoms with Gasteiger partial charge in [0, 0.05) is 23.7 Å². The number of rotatable bonds is 5. The van der Waals surface area contributed by atoms with Crippen molar-refractivity contribution in [3.05, 3.63) is 61.3 Å². The predicted octanol–water partition coefficient (Wildman–Crippen LogP) is 6.31. The zero-order valence-corrected chi connectivity index (χ0v) is 21.6. The van der Waals surface area contributed by atoms with E-state index in [1.54, 1.807) is 51.3 Å². The number of nitrogens with zero attached hydrogens (tertiary/aromatic N) is 2. The quantitative estimate of drug-likeness (QED) is 0.461. The average Bonchev–Trinajstić information content (AvgIpc) is 3.28. The first-order valence-corrected chi connectivity index (χ1v) is 11.9. The Bertz CT molecular complexity index is 1070. The molecule has 1 unspecified atom stereocenters. The lowest BCUT2D eigenvalue weighted by atomic mass is 10.0. The van der Waals surface area contributed by atoms with Crippen LogP contribution in [0, 0.1) is 11.3 Å². The summed E-state index contributed by atoms with van der Waals surface area (Å²) in [4.78, 5) is 42.2. The molecule has 2 aliphatic rings. The molecule has 1 aliphatic heterocycles. The van der Waals surface area contributed by atoms with E-state index in [-0.39, 0.29) is 5.91 Å². The molecule has 0 bridgehead atoms. The van der Waals surface area contributed by atoms with Crippen molar-refractivity contribution in [2.75, 3.05) is 11.4 Å². The fraction of sp³-hybridized carbons (Fsp3) is 0.464. The molecule has 1 heterocycles. The Labute approximate surface area is 208 Å². The van der Waals surface area contributed by atoms with Gasteiger partial charge in [0.25, 0.3) is 0 Å². The summed E-state index contributed by atoms with van der Waals surface area (Å²) in [5.41, 5.74) is -0.0192. The number of amides is 3. The molecule has 1 aromatic rings.